The Labute approximate surface area is 166 Å². The van der Waals surface area contributed by atoms with Crippen LogP contribution < -0.4 is 4.74 Å². The van der Waals surface area contributed by atoms with Gasteiger partial charge in [0.1, 0.15) is 12.4 Å². The summed E-state index contributed by atoms with van der Waals surface area (Å²) >= 11 is 5.94. The van der Waals surface area contributed by atoms with Gasteiger partial charge in [0.05, 0.1) is 17.8 Å². The van der Waals surface area contributed by atoms with Gasteiger partial charge in [-0.25, -0.2) is 0 Å². The highest BCUT2D eigenvalue weighted by atomic mass is 35.5. The molecule has 0 bridgehead atoms. The number of carboxylic acid groups (broad SMARTS) is 1. The zero-order valence-corrected chi connectivity index (χ0v) is 15.9. The van der Waals surface area contributed by atoms with Crippen LogP contribution in [0.2, 0.25) is 5.02 Å². The molecule has 142 valence electrons. The maximum atomic E-state index is 10.9. The molecule has 0 aliphatic heterocycles. The van der Waals surface area contributed by atoms with Crippen molar-refractivity contribution in [1.29, 1.82) is 0 Å². The highest BCUT2D eigenvalue weighted by Crippen LogP contribution is 2.25. The Morgan fingerprint density at radius 1 is 1.21 bits per heavy atom. The second kappa shape index (κ2) is 7.40. The monoisotopic (exact) mass is 395 g/mol. The number of halogens is 1. The van der Waals surface area contributed by atoms with Crippen LogP contribution in [0.25, 0.3) is 22.2 Å². The van der Waals surface area contributed by atoms with Crippen molar-refractivity contribution in [2.75, 3.05) is 0 Å². The van der Waals surface area contributed by atoms with Gasteiger partial charge in [0, 0.05) is 40.8 Å². The predicted molar refractivity (Wildman–Crippen MR) is 108 cm³/mol. The van der Waals surface area contributed by atoms with Crippen LogP contribution in [-0.4, -0.2) is 25.8 Å². The molecule has 2 N–H and O–H groups in total. The quantitative estimate of drug-likeness (QED) is 0.506. The average molecular weight is 396 g/mol. The van der Waals surface area contributed by atoms with Crippen LogP contribution in [0.5, 0.6) is 5.75 Å². The minimum atomic E-state index is -0.853. The zero-order chi connectivity index (χ0) is 19.7. The molecule has 0 saturated carbocycles. The summed E-state index contributed by atoms with van der Waals surface area (Å²) in [4.78, 5) is 14.0. The fourth-order valence-electron chi connectivity index (χ4n) is 3.12. The van der Waals surface area contributed by atoms with Crippen molar-refractivity contribution in [3.63, 3.8) is 0 Å². The molecule has 6 nitrogen and oxygen atoms in total. The third kappa shape index (κ3) is 3.73. The van der Waals surface area contributed by atoms with Gasteiger partial charge in [0.15, 0.2) is 0 Å². The first-order chi connectivity index (χ1) is 13.5. The summed E-state index contributed by atoms with van der Waals surface area (Å²) in [5.41, 5.74) is 4.39. The van der Waals surface area contributed by atoms with E-state index in [1.54, 1.807) is 10.9 Å². The van der Waals surface area contributed by atoms with Crippen LogP contribution in [0.1, 0.15) is 11.3 Å². The van der Waals surface area contributed by atoms with E-state index in [0.29, 0.717) is 17.4 Å². The molecular weight excluding hydrogens is 378 g/mol. The van der Waals surface area contributed by atoms with Gasteiger partial charge in [-0.15, -0.1) is 0 Å². The molecule has 0 saturated heterocycles. The van der Waals surface area contributed by atoms with Gasteiger partial charge in [0.2, 0.25) is 0 Å². The maximum Gasteiger partial charge on any atom is 0.307 e. The lowest BCUT2D eigenvalue weighted by Gasteiger charge is -2.06. The number of rotatable bonds is 6. The second-order valence-corrected chi connectivity index (χ2v) is 6.97. The molecule has 2 heterocycles. The molecule has 28 heavy (non-hydrogen) atoms. The number of aryl methyl sites for hydroxylation is 1. The molecule has 2 aromatic carbocycles. The fraction of sp³-hybridized carbons (Fsp3) is 0.143. The number of aliphatic carboxylic acids is 1. The van der Waals surface area contributed by atoms with Gasteiger partial charge >= 0.3 is 5.97 Å². The third-order valence-corrected chi connectivity index (χ3v) is 4.84. The van der Waals surface area contributed by atoms with Gasteiger partial charge in [-0.2, -0.15) is 5.10 Å². The van der Waals surface area contributed by atoms with Crippen LogP contribution in [-0.2, 0) is 24.9 Å². The average Bonchev–Trinajstić information content (AvgIpc) is 3.23. The first-order valence-corrected chi connectivity index (χ1v) is 9.11. The van der Waals surface area contributed by atoms with Crippen LogP contribution in [0.4, 0.5) is 0 Å². The lowest BCUT2D eigenvalue weighted by Crippen LogP contribution is -2.03. The highest BCUT2D eigenvalue weighted by Gasteiger charge is 2.10. The summed E-state index contributed by atoms with van der Waals surface area (Å²) in [6.07, 6.45) is 1.71. The molecule has 0 radical (unpaired) electrons. The van der Waals surface area contributed by atoms with E-state index in [2.05, 4.69) is 10.1 Å². The zero-order valence-electron chi connectivity index (χ0n) is 15.1. The Morgan fingerprint density at radius 2 is 2.00 bits per heavy atom. The first-order valence-electron chi connectivity index (χ1n) is 8.73. The number of hydrogen-bond acceptors (Lipinski definition) is 3. The van der Waals surface area contributed by atoms with Gasteiger partial charge in [-0.3, -0.25) is 9.48 Å². The first kappa shape index (κ1) is 18.1. The fourth-order valence-corrected chi connectivity index (χ4v) is 3.25. The van der Waals surface area contributed by atoms with Gasteiger partial charge in [-0.05, 0) is 35.9 Å². The molecule has 0 fully saturated rings. The number of H-pyrrole nitrogens is 1. The van der Waals surface area contributed by atoms with Crippen molar-refractivity contribution in [2.45, 2.75) is 13.0 Å². The minimum Gasteiger partial charge on any atom is -0.487 e. The lowest BCUT2D eigenvalue weighted by molar-refractivity contribution is -0.136. The minimum absolute atomic E-state index is 0.0112. The molecule has 0 aliphatic carbocycles. The number of aromatic nitrogens is 3. The third-order valence-electron chi connectivity index (χ3n) is 4.58. The van der Waals surface area contributed by atoms with Crippen LogP contribution >= 0.6 is 11.6 Å². The number of nitrogens with one attached hydrogen (secondary N) is 1. The van der Waals surface area contributed by atoms with E-state index in [4.69, 9.17) is 21.4 Å². The predicted octanol–water partition coefficient (Wildman–Crippen LogP) is 4.43. The van der Waals surface area contributed by atoms with Crippen molar-refractivity contribution in [1.82, 2.24) is 14.8 Å². The molecule has 0 spiro atoms. The summed E-state index contributed by atoms with van der Waals surface area (Å²) in [7, 11) is 1.88. The van der Waals surface area contributed by atoms with Crippen molar-refractivity contribution < 1.29 is 14.6 Å². The standard InChI is InChI=1S/C21H18ClN3O3/c1-25-16(9-19(24-25)13-2-4-15(22)5-3-13)12-28-17-6-7-18-14(8-21(26)27)11-23-20(18)10-17/h2-7,9-11,23H,8,12H2,1H3,(H,26,27). The Bertz CT molecular complexity index is 1150. The Morgan fingerprint density at radius 3 is 2.75 bits per heavy atom. The SMILES string of the molecule is Cn1nc(-c2ccc(Cl)cc2)cc1COc1ccc2c(CC(=O)O)c[nH]c2c1. The van der Waals surface area contributed by atoms with E-state index in [-0.39, 0.29) is 6.42 Å². The van der Waals surface area contributed by atoms with E-state index in [1.807, 2.05) is 55.6 Å². The van der Waals surface area contributed by atoms with Crippen molar-refractivity contribution in [2.24, 2.45) is 7.05 Å². The molecule has 2 aromatic heterocycles. The van der Waals surface area contributed by atoms with E-state index in [9.17, 15) is 4.79 Å². The molecule has 7 heteroatoms. The van der Waals surface area contributed by atoms with E-state index < -0.39 is 5.97 Å². The molecule has 0 atom stereocenters. The molecule has 4 aromatic rings. The van der Waals surface area contributed by atoms with Crippen molar-refractivity contribution in [3.8, 4) is 17.0 Å². The molecule has 0 unspecified atom stereocenters. The number of carboxylic acids is 1. The number of nitrogens with zero attached hydrogens (tertiary/aromatic N) is 2. The number of hydrogen-bond donors (Lipinski definition) is 2. The molecule has 0 amide bonds. The summed E-state index contributed by atoms with van der Waals surface area (Å²) in [5, 5.41) is 15.1. The van der Waals surface area contributed by atoms with Crippen LogP contribution in [0.3, 0.4) is 0 Å². The number of carbonyl (C=O) groups is 1. The Balaban J connectivity index is 1.50. The second-order valence-electron chi connectivity index (χ2n) is 6.53. The topological polar surface area (TPSA) is 80.1 Å². The van der Waals surface area contributed by atoms with Gasteiger partial charge < -0.3 is 14.8 Å². The Kier molecular flexibility index (Phi) is 4.79. The molecule has 4 rings (SSSR count). The lowest BCUT2D eigenvalue weighted by atomic mass is 10.1. The summed E-state index contributed by atoms with van der Waals surface area (Å²) in [6, 6.07) is 15.1. The largest absolute Gasteiger partial charge is 0.487 e. The molecular formula is C21H18ClN3O3. The summed E-state index contributed by atoms with van der Waals surface area (Å²) in [6.45, 7) is 0.366. The maximum absolute atomic E-state index is 10.9. The number of aromatic amines is 1. The van der Waals surface area contributed by atoms with Crippen LogP contribution in [0, 0.1) is 0 Å². The Hall–Kier alpha value is -3.25. The number of ether oxygens (including phenoxy) is 1. The summed E-state index contributed by atoms with van der Waals surface area (Å²) in [5.74, 6) is -0.153. The van der Waals surface area contributed by atoms with Crippen molar-refractivity contribution in [3.05, 3.63) is 71.0 Å². The smallest absolute Gasteiger partial charge is 0.307 e. The van der Waals surface area contributed by atoms with E-state index >= 15 is 0 Å². The summed E-state index contributed by atoms with van der Waals surface area (Å²) < 4.78 is 7.72. The molecule has 0 aliphatic rings. The normalized spacial score (nSPS) is 11.1. The number of benzene rings is 2. The number of fused-ring (bicyclic) bond motifs is 1. The van der Waals surface area contributed by atoms with E-state index in [1.165, 1.54) is 0 Å². The van der Waals surface area contributed by atoms with Gasteiger partial charge in [-0.1, -0.05) is 23.7 Å². The van der Waals surface area contributed by atoms with Crippen molar-refractivity contribution >= 4 is 28.5 Å². The highest BCUT2D eigenvalue weighted by molar-refractivity contribution is 6.30. The van der Waals surface area contributed by atoms with Crippen LogP contribution in [0.15, 0.2) is 54.7 Å². The van der Waals surface area contributed by atoms with E-state index in [0.717, 1.165) is 33.4 Å². The van der Waals surface area contributed by atoms with Gasteiger partial charge in [0.25, 0.3) is 0 Å².